The second-order valence-corrected chi connectivity index (χ2v) is 5.86. The van der Waals surface area contributed by atoms with Crippen molar-refractivity contribution in [1.82, 2.24) is 0 Å². The number of halogens is 2. The fraction of sp³-hybridized carbons (Fsp3) is 0.600. The lowest BCUT2D eigenvalue weighted by Gasteiger charge is -2.45. The zero-order valence-electron chi connectivity index (χ0n) is 11.6. The standard InChI is InChI=1S/C15H22FNO.ClH/c1-14(2)11-15(7-9-17,8-10-18-14)12-3-5-13(16)6-4-12;/h3-6H,7-11,17H2,1-2H3;1H. The van der Waals surface area contributed by atoms with Gasteiger partial charge in [0.1, 0.15) is 5.82 Å². The van der Waals surface area contributed by atoms with E-state index in [0.29, 0.717) is 6.54 Å². The van der Waals surface area contributed by atoms with Gasteiger partial charge in [0, 0.05) is 12.0 Å². The van der Waals surface area contributed by atoms with Crippen LogP contribution < -0.4 is 5.73 Å². The minimum Gasteiger partial charge on any atom is -0.376 e. The normalized spacial score (nSPS) is 25.7. The summed E-state index contributed by atoms with van der Waals surface area (Å²) in [6.45, 7) is 5.61. The van der Waals surface area contributed by atoms with E-state index in [2.05, 4.69) is 13.8 Å². The summed E-state index contributed by atoms with van der Waals surface area (Å²) in [5, 5.41) is 0. The van der Waals surface area contributed by atoms with E-state index in [1.807, 2.05) is 12.1 Å². The fourth-order valence-electron chi connectivity index (χ4n) is 3.16. The molecule has 0 bridgehead atoms. The summed E-state index contributed by atoms with van der Waals surface area (Å²) in [6, 6.07) is 6.87. The van der Waals surface area contributed by atoms with Crippen LogP contribution >= 0.6 is 12.4 Å². The molecular weight excluding hydrogens is 265 g/mol. The van der Waals surface area contributed by atoms with E-state index in [1.54, 1.807) is 0 Å². The van der Waals surface area contributed by atoms with E-state index in [-0.39, 0.29) is 29.2 Å². The second kappa shape index (κ2) is 6.21. The van der Waals surface area contributed by atoms with Crippen molar-refractivity contribution in [3.63, 3.8) is 0 Å². The van der Waals surface area contributed by atoms with Gasteiger partial charge in [0.15, 0.2) is 0 Å². The molecule has 1 heterocycles. The van der Waals surface area contributed by atoms with Gasteiger partial charge < -0.3 is 10.5 Å². The summed E-state index contributed by atoms with van der Waals surface area (Å²) in [5.74, 6) is -0.187. The molecule has 0 spiro atoms. The Kier molecular flexibility index (Phi) is 5.36. The van der Waals surface area contributed by atoms with Crippen molar-refractivity contribution in [2.45, 2.75) is 44.1 Å². The highest BCUT2D eigenvalue weighted by atomic mass is 35.5. The first-order chi connectivity index (χ1) is 8.47. The third kappa shape index (κ3) is 3.68. The summed E-state index contributed by atoms with van der Waals surface area (Å²) in [7, 11) is 0. The zero-order valence-corrected chi connectivity index (χ0v) is 12.4. The Balaban J connectivity index is 0.00000180. The molecule has 0 aliphatic carbocycles. The lowest BCUT2D eigenvalue weighted by atomic mass is 9.67. The Morgan fingerprint density at radius 2 is 1.89 bits per heavy atom. The summed E-state index contributed by atoms with van der Waals surface area (Å²) >= 11 is 0. The molecule has 1 aromatic carbocycles. The largest absolute Gasteiger partial charge is 0.376 e. The van der Waals surface area contributed by atoms with Gasteiger partial charge in [0.2, 0.25) is 0 Å². The van der Waals surface area contributed by atoms with Crippen molar-refractivity contribution >= 4 is 12.4 Å². The van der Waals surface area contributed by atoms with Gasteiger partial charge in [-0.15, -0.1) is 12.4 Å². The number of benzene rings is 1. The van der Waals surface area contributed by atoms with Crippen LogP contribution in [-0.4, -0.2) is 18.8 Å². The molecule has 108 valence electrons. The summed E-state index contributed by atoms with van der Waals surface area (Å²) < 4.78 is 18.9. The third-order valence-electron chi connectivity index (χ3n) is 3.92. The molecule has 1 aliphatic rings. The van der Waals surface area contributed by atoms with Crippen LogP contribution in [-0.2, 0) is 10.2 Å². The fourth-order valence-corrected chi connectivity index (χ4v) is 3.16. The molecule has 1 aliphatic heterocycles. The van der Waals surface area contributed by atoms with Crippen LogP contribution in [0.15, 0.2) is 24.3 Å². The Hall–Kier alpha value is -0.640. The van der Waals surface area contributed by atoms with Crippen LogP contribution in [0.2, 0.25) is 0 Å². The first-order valence-corrected chi connectivity index (χ1v) is 6.58. The molecule has 1 unspecified atom stereocenters. The van der Waals surface area contributed by atoms with E-state index in [1.165, 1.54) is 17.7 Å². The molecule has 0 saturated carbocycles. The molecule has 1 fully saturated rings. The van der Waals surface area contributed by atoms with Crippen LogP contribution in [0, 0.1) is 5.82 Å². The molecule has 2 N–H and O–H groups in total. The zero-order chi connectivity index (χ0) is 13.2. The van der Waals surface area contributed by atoms with Crippen molar-refractivity contribution in [3.05, 3.63) is 35.6 Å². The number of hydrogen-bond acceptors (Lipinski definition) is 2. The Morgan fingerprint density at radius 3 is 2.42 bits per heavy atom. The van der Waals surface area contributed by atoms with Crippen molar-refractivity contribution in [2.75, 3.05) is 13.2 Å². The molecule has 0 amide bonds. The highest BCUT2D eigenvalue weighted by Crippen LogP contribution is 2.43. The molecular formula is C15H23ClFNO. The van der Waals surface area contributed by atoms with Crippen molar-refractivity contribution < 1.29 is 9.13 Å². The van der Waals surface area contributed by atoms with Crippen LogP contribution in [0.5, 0.6) is 0 Å². The summed E-state index contributed by atoms with van der Waals surface area (Å²) in [6.07, 6.45) is 2.81. The predicted molar refractivity (Wildman–Crippen MR) is 78.3 cm³/mol. The van der Waals surface area contributed by atoms with Gasteiger partial charge in [-0.2, -0.15) is 0 Å². The molecule has 1 atom stereocenters. The molecule has 1 aromatic rings. The van der Waals surface area contributed by atoms with Gasteiger partial charge in [-0.1, -0.05) is 12.1 Å². The van der Waals surface area contributed by atoms with E-state index >= 15 is 0 Å². The molecule has 0 aromatic heterocycles. The number of ether oxygens (including phenoxy) is 1. The molecule has 4 heteroatoms. The van der Waals surface area contributed by atoms with Crippen LogP contribution in [0.3, 0.4) is 0 Å². The van der Waals surface area contributed by atoms with E-state index < -0.39 is 0 Å². The minimum absolute atomic E-state index is 0. The summed E-state index contributed by atoms with van der Waals surface area (Å²) in [5.41, 5.74) is 6.87. The lowest BCUT2D eigenvalue weighted by molar-refractivity contribution is -0.0836. The van der Waals surface area contributed by atoms with Crippen LogP contribution in [0.25, 0.3) is 0 Å². The molecule has 2 rings (SSSR count). The highest BCUT2D eigenvalue weighted by molar-refractivity contribution is 5.85. The van der Waals surface area contributed by atoms with E-state index in [0.717, 1.165) is 25.9 Å². The second-order valence-electron chi connectivity index (χ2n) is 5.86. The number of rotatable bonds is 3. The predicted octanol–water partition coefficient (Wildman–Crippen LogP) is 3.42. The third-order valence-corrected chi connectivity index (χ3v) is 3.92. The van der Waals surface area contributed by atoms with E-state index in [4.69, 9.17) is 10.5 Å². The Morgan fingerprint density at radius 1 is 1.26 bits per heavy atom. The van der Waals surface area contributed by atoms with Gasteiger partial charge in [0.05, 0.1) is 5.60 Å². The smallest absolute Gasteiger partial charge is 0.123 e. The van der Waals surface area contributed by atoms with Crippen molar-refractivity contribution in [2.24, 2.45) is 5.73 Å². The SMILES string of the molecule is CC1(C)CC(CCN)(c2ccc(F)cc2)CCO1.Cl. The molecule has 2 nitrogen and oxygen atoms in total. The van der Waals surface area contributed by atoms with Gasteiger partial charge in [0.25, 0.3) is 0 Å². The van der Waals surface area contributed by atoms with Crippen molar-refractivity contribution in [1.29, 1.82) is 0 Å². The van der Waals surface area contributed by atoms with Gasteiger partial charge in [-0.05, 0) is 57.4 Å². The Bertz CT molecular complexity index is 403. The molecule has 19 heavy (non-hydrogen) atoms. The molecule has 0 radical (unpaired) electrons. The number of nitrogens with two attached hydrogens (primary N) is 1. The first-order valence-electron chi connectivity index (χ1n) is 6.58. The van der Waals surface area contributed by atoms with Gasteiger partial charge >= 0.3 is 0 Å². The maximum Gasteiger partial charge on any atom is 0.123 e. The monoisotopic (exact) mass is 287 g/mol. The average molecular weight is 288 g/mol. The van der Waals surface area contributed by atoms with Crippen LogP contribution in [0.1, 0.15) is 38.7 Å². The van der Waals surface area contributed by atoms with Gasteiger partial charge in [-0.3, -0.25) is 0 Å². The maximum atomic E-state index is 13.1. The topological polar surface area (TPSA) is 35.2 Å². The first kappa shape index (κ1) is 16.4. The highest BCUT2D eigenvalue weighted by Gasteiger charge is 2.41. The summed E-state index contributed by atoms with van der Waals surface area (Å²) in [4.78, 5) is 0. The number of hydrogen-bond donors (Lipinski definition) is 1. The van der Waals surface area contributed by atoms with Crippen molar-refractivity contribution in [3.8, 4) is 0 Å². The quantitative estimate of drug-likeness (QED) is 0.924. The van der Waals surface area contributed by atoms with Gasteiger partial charge in [-0.25, -0.2) is 4.39 Å². The Labute approximate surface area is 120 Å². The average Bonchev–Trinajstić information content (AvgIpc) is 2.28. The lowest BCUT2D eigenvalue weighted by Crippen LogP contribution is -2.45. The van der Waals surface area contributed by atoms with E-state index in [9.17, 15) is 4.39 Å². The van der Waals surface area contributed by atoms with Crippen LogP contribution in [0.4, 0.5) is 4.39 Å². The molecule has 1 saturated heterocycles. The maximum absolute atomic E-state index is 13.1. The minimum atomic E-state index is -0.187.